The molecule has 132 valence electrons. The Kier molecular flexibility index (Phi) is 11.4. The first-order valence-electron chi connectivity index (χ1n) is 7.45. The molecule has 7 nitrogen and oxygen atoms in total. The first-order valence-corrected chi connectivity index (χ1v) is 7.45. The van der Waals surface area contributed by atoms with Gasteiger partial charge in [0.1, 0.15) is 6.61 Å². The predicted octanol–water partition coefficient (Wildman–Crippen LogP) is 1.74. The zero-order chi connectivity index (χ0) is 18.4. The molecule has 0 spiro atoms. The van der Waals surface area contributed by atoms with Crippen molar-refractivity contribution in [3.8, 4) is 0 Å². The molecule has 24 heavy (non-hydrogen) atoms. The average Bonchev–Trinajstić information content (AvgIpc) is 2.57. The second-order valence-corrected chi connectivity index (χ2v) is 4.50. The summed E-state index contributed by atoms with van der Waals surface area (Å²) in [6.07, 6.45) is 3.91. The fourth-order valence-corrected chi connectivity index (χ4v) is 1.63. The average molecular weight is 337 g/mol. The Balaban J connectivity index is 0.000000754. The minimum Gasteiger partial charge on any atom is -0.473 e. The van der Waals surface area contributed by atoms with Crippen LogP contribution in [-0.4, -0.2) is 59.3 Å². The lowest BCUT2D eigenvalue weighted by atomic mass is 10.2. The Morgan fingerprint density at radius 2 is 1.58 bits per heavy atom. The van der Waals surface area contributed by atoms with Crippen LogP contribution in [0.25, 0.3) is 6.08 Å². The lowest BCUT2D eigenvalue weighted by Crippen LogP contribution is -2.33. The number of aliphatic carboxylic acids is 2. The molecule has 2 N–H and O–H groups in total. The molecule has 0 aliphatic heterocycles. The summed E-state index contributed by atoms with van der Waals surface area (Å²) in [6.45, 7) is 6.02. The van der Waals surface area contributed by atoms with Crippen LogP contribution >= 0.6 is 0 Å². The van der Waals surface area contributed by atoms with E-state index >= 15 is 0 Å². The van der Waals surface area contributed by atoms with Crippen molar-refractivity contribution in [3.05, 3.63) is 42.0 Å². The topological polar surface area (TPSA) is 104 Å². The molecule has 0 atom stereocenters. The lowest BCUT2D eigenvalue weighted by molar-refractivity contribution is -0.159. The second-order valence-electron chi connectivity index (χ2n) is 4.50. The summed E-state index contributed by atoms with van der Waals surface area (Å²) in [5, 5.41) is 14.8. The van der Waals surface area contributed by atoms with Crippen LogP contribution in [0, 0.1) is 0 Å². The fourth-order valence-electron chi connectivity index (χ4n) is 1.63. The van der Waals surface area contributed by atoms with Gasteiger partial charge in [0.05, 0.1) is 6.61 Å². The molecular formula is C17H23NO6. The molecule has 0 fully saturated rings. The first-order chi connectivity index (χ1) is 11.4. The number of rotatable bonds is 7. The van der Waals surface area contributed by atoms with Crippen LogP contribution in [0.2, 0.25) is 0 Å². The highest BCUT2D eigenvalue weighted by Gasteiger charge is 2.08. The van der Waals surface area contributed by atoms with Crippen molar-refractivity contribution >= 4 is 23.9 Å². The third-order valence-electron chi connectivity index (χ3n) is 2.85. The number of likely N-dealkylation sites (N-methyl/N-ethyl adjacent to an activating group) is 1. The molecular weight excluding hydrogens is 314 g/mol. The summed E-state index contributed by atoms with van der Waals surface area (Å²) in [6, 6.07) is 10.0. The number of amides is 1. The molecule has 1 amide bonds. The Labute approximate surface area is 141 Å². The van der Waals surface area contributed by atoms with Crippen molar-refractivity contribution in [1.29, 1.82) is 0 Å². The zero-order valence-electron chi connectivity index (χ0n) is 13.8. The number of carboxylic acid groups (broad SMARTS) is 2. The van der Waals surface area contributed by atoms with Gasteiger partial charge in [0.15, 0.2) is 0 Å². The van der Waals surface area contributed by atoms with Crippen LogP contribution in [0.4, 0.5) is 0 Å². The molecule has 1 aromatic carbocycles. The van der Waals surface area contributed by atoms with Gasteiger partial charge in [-0.05, 0) is 19.4 Å². The normalized spacial score (nSPS) is 9.92. The van der Waals surface area contributed by atoms with Crippen molar-refractivity contribution in [3.63, 3.8) is 0 Å². The van der Waals surface area contributed by atoms with E-state index in [1.807, 2.05) is 56.3 Å². The fraction of sp³-hybridized carbons (Fsp3) is 0.353. The summed E-state index contributed by atoms with van der Waals surface area (Å²) in [5.41, 5.74) is 1.14. The smallest absolute Gasteiger partial charge is 0.414 e. The van der Waals surface area contributed by atoms with Gasteiger partial charge in [-0.15, -0.1) is 0 Å². The van der Waals surface area contributed by atoms with Gasteiger partial charge >= 0.3 is 11.9 Å². The van der Waals surface area contributed by atoms with Crippen LogP contribution in [0.3, 0.4) is 0 Å². The molecule has 1 rings (SSSR count). The van der Waals surface area contributed by atoms with E-state index in [-0.39, 0.29) is 12.5 Å². The predicted molar refractivity (Wildman–Crippen MR) is 89.5 cm³/mol. The maximum absolute atomic E-state index is 11.6. The standard InChI is InChI=1S/C15H21NO2.C2H2O4/c1-3-16(4-2)15(17)13-18-12-8-11-14-9-6-5-7-10-14;3-1(4)2(5)6/h5-11H,3-4,12-13H2,1-2H3;(H,3,4)(H,5,6)/b11-8+;. The van der Waals surface area contributed by atoms with Crippen molar-refractivity contribution in [2.45, 2.75) is 13.8 Å². The molecule has 0 bridgehead atoms. The molecule has 0 saturated carbocycles. The van der Waals surface area contributed by atoms with Crippen molar-refractivity contribution in [2.24, 2.45) is 0 Å². The number of ether oxygens (including phenoxy) is 1. The Morgan fingerprint density at radius 1 is 1.04 bits per heavy atom. The van der Waals surface area contributed by atoms with Crippen LogP contribution in [-0.2, 0) is 19.1 Å². The summed E-state index contributed by atoms with van der Waals surface area (Å²) in [4.78, 5) is 31.6. The van der Waals surface area contributed by atoms with E-state index in [0.29, 0.717) is 6.61 Å². The van der Waals surface area contributed by atoms with E-state index in [9.17, 15) is 4.79 Å². The molecule has 0 radical (unpaired) electrons. The quantitative estimate of drug-likeness (QED) is 0.580. The maximum Gasteiger partial charge on any atom is 0.414 e. The number of hydrogen-bond donors (Lipinski definition) is 2. The largest absolute Gasteiger partial charge is 0.473 e. The van der Waals surface area contributed by atoms with Crippen LogP contribution in [0.15, 0.2) is 36.4 Å². The number of carbonyl (C=O) groups excluding carboxylic acids is 1. The molecule has 0 heterocycles. The number of benzene rings is 1. The van der Waals surface area contributed by atoms with Crippen LogP contribution in [0.5, 0.6) is 0 Å². The summed E-state index contributed by atoms with van der Waals surface area (Å²) in [7, 11) is 0. The van der Waals surface area contributed by atoms with Gasteiger partial charge in [-0.2, -0.15) is 0 Å². The zero-order valence-corrected chi connectivity index (χ0v) is 13.8. The maximum atomic E-state index is 11.6. The number of nitrogens with zero attached hydrogens (tertiary/aromatic N) is 1. The van der Waals surface area contributed by atoms with E-state index in [0.717, 1.165) is 18.7 Å². The van der Waals surface area contributed by atoms with Crippen molar-refractivity contribution in [2.75, 3.05) is 26.3 Å². The van der Waals surface area contributed by atoms with Crippen LogP contribution < -0.4 is 0 Å². The molecule has 0 aliphatic rings. The summed E-state index contributed by atoms with van der Waals surface area (Å²) >= 11 is 0. The minimum absolute atomic E-state index is 0.0492. The van der Waals surface area contributed by atoms with E-state index in [2.05, 4.69) is 0 Å². The third kappa shape index (κ3) is 10.1. The van der Waals surface area contributed by atoms with Gasteiger partial charge in [-0.1, -0.05) is 42.5 Å². The Morgan fingerprint density at radius 3 is 2.04 bits per heavy atom. The van der Waals surface area contributed by atoms with Crippen molar-refractivity contribution in [1.82, 2.24) is 4.90 Å². The Hall–Kier alpha value is -2.67. The van der Waals surface area contributed by atoms with E-state index in [1.54, 1.807) is 4.90 Å². The molecule has 1 aromatic rings. The Bertz CT molecular complexity index is 525. The summed E-state index contributed by atoms with van der Waals surface area (Å²) < 4.78 is 5.32. The highest BCUT2D eigenvalue weighted by molar-refractivity contribution is 6.27. The molecule has 0 aromatic heterocycles. The SMILES string of the molecule is CCN(CC)C(=O)COC/C=C/c1ccccc1.O=C(O)C(=O)O. The number of hydrogen-bond acceptors (Lipinski definition) is 4. The number of carboxylic acids is 2. The molecule has 0 aliphatic carbocycles. The molecule has 7 heteroatoms. The minimum atomic E-state index is -1.82. The highest BCUT2D eigenvalue weighted by Crippen LogP contribution is 2.00. The van der Waals surface area contributed by atoms with Gasteiger partial charge in [0, 0.05) is 13.1 Å². The number of carbonyl (C=O) groups is 3. The van der Waals surface area contributed by atoms with Crippen molar-refractivity contribution < 1.29 is 29.3 Å². The van der Waals surface area contributed by atoms with Gasteiger partial charge in [-0.25, -0.2) is 9.59 Å². The van der Waals surface area contributed by atoms with Crippen LogP contribution in [0.1, 0.15) is 19.4 Å². The monoisotopic (exact) mass is 337 g/mol. The first kappa shape index (κ1) is 21.3. The third-order valence-corrected chi connectivity index (χ3v) is 2.85. The van der Waals surface area contributed by atoms with Gasteiger partial charge in [-0.3, -0.25) is 4.79 Å². The highest BCUT2D eigenvalue weighted by atomic mass is 16.5. The lowest BCUT2D eigenvalue weighted by Gasteiger charge is -2.17. The van der Waals surface area contributed by atoms with Gasteiger partial charge < -0.3 is 19.8 Å². The second kappa shape index (κ2) is 12.8. The summed E-state index contributed by atoms with van der Waals surface area (Å²) in [5.74, 6) is -3.60. The van der Waals surface area contributed by atoms with E-state index in [4.69, 9.17) is 24.5 Å². The van der Waals surface area contributed by atoms with Gasteiger partial charge in [0.25, 0.3) is 0 Å². The molecule has 0 unspecified atom stereocenters. The van der Waals surface area contributed by atoms with E-state index < -0.39 is 11.9 Å². The van der Waals surface area contributed by atoms with E-state index in [1.165, 1.54) is 0 Å². The molecule has 0 saturated heterocycles. The van der Waals surface area contributed by atoms with Gasteiger partial charge in [0.2, 0.25) is 5.91 Å².